The average molecular weight is 158 g/mol. The topological polar surface area (TPSA) is 50.9 Å². The second kappa shape index (κ2) is 2.75. The monoisotopic (exact) mass is 157 g/mol. The summed E-state index contributed by atoms with van der Waals surface area (Å²) in [5.41, 5.74) is 5.39. The van der Waals surface area contributed by atoms with Gasteiger partial charge in [-0.25, -0.2) is 4.98 Å². The van der Waals surface area contributed by atoms with Gasteiger partial charge in [-0.15, -0.1) is 0 Å². The van der Waals surface area contributed by atoms with Gasteiger partial charge in [0.2, 0.25) is 0 Å². The van der Waals surface area contributed by atoms with Crippen LogP contribution in [0.1, 0.15) is 0 Å². The third-order valence-electron chi connectivity index (χ3n) is 1.10. The van der Waals surface area contributed by atoms with Gasteiger partial charge in [0.15, 0.2) is 0 Å². The van der Waals surface area contributed by atoms with Crippen LogP contribution < -0.4 is 11.1 Å². The van der Waals surface area contributed by atoms with E-state index in [1.54, 1.807) is 19.2 Å². The molecule has 0 aliphatic carbocycles. The van der Waals surface area contributed by atoms with Gasteiger partial charge in [0, 0.05) is 7.05 Å². The summed E-state index contributed by atoms with van der Waals surface area (Å²) in [4.78, 5) is 3.93. The van der Waals surface area contributed by atoms with Gasteiger partial charge in [0.1, 0.15) is 11.6 Å². The molecule has 3 nitrogen and oxygen atoms in total. The minimum Gasteiger partial charge on any atom is -0.384 e. The summed E-state index contributed by atoms with van der Waals surface area (Å²) in [6.07, 6.45) is 0. The van der Waals surface area contributed by atoms with Crippen LogP contribution in [0.15, 0.2) is 12.1 Å². The number of nitrogens with zero attached hydrogens (tertiary/aromatic N) is 1. The number of anilines is 2. The number of rotatable bonds is 1. The Morgan fingerprint density at radius 1 is 1.60 bits per heavy atom. The first-order chi connectivity index (χ1) is 4.74. The molecule has 54 valence electrons. The van der Waals surface area contributed by atoms with Crippen LogP contribution in [0.5, 0.6) is 0 Å². The smallest absolute Gasteiger partial charge is 0.146 e. The average Bonchev–Trinajstić information content (AvgIpc) is 1.94. The first kappa shape index (κ1) is 7.15. The molecule has 0 bridgehead atoms. The van der Waals surface area contributed by atoms with Gasteiger partial charge < -0.3 is 11.1 Å². The van der Waals surface area contributed by atoms with Crippen molar-refractivity contribution in [3.63, 3.8) is 0 Å². The first-order valence-corrected chi connectivity index (χ1v) is 3.21. The zero-order valence-corrected chi connectivity index (χ0v) is 6.31. The van der Waals surface area contributed by atoms with Crippen molar-refractivity contribution in [2.45, 2.75) is 0 Å². The lowest BCUT2D eigenvalue weighted by Gasteiger charge is -2.01. The van der Waals surface area contributed by atoms with Gasteiger partial charge in [0.25, 0.3) is 0 Å². The number of halogens is 1. The van der Waals surface area contributed by atoms with Gasteiger partial charge in [0.05, 0.1) is 5.02 Å². The number of pyridine rings is 1. The van der Waals surface area contributed by atoms with Crippen LogP contribution in [0.4, 0.5) is 11.6 Å². The third-order valence-corrected chi connectivity index (χ3v) is 1.41. The standard InChI is InChI=1S/C6H8ClN3/c1-9-6-4(7)2-3-5(8)10-6/h2-3H,1H3,(H3,8,9,10). The molecule has 0 unspecified atom stereocenters. The molecule has 0 saturated carbocycles. The van der Waals surface area contributed by atoms with E-state index in [9.17, 15) is 0 Å². The highest BCUT2D eigenvalue weighted by Crippen LogP contribution is 2.18. The Bertz CT molecular complexity index is 236. The Balaban J connectivity index is 3.09. The molecule has 1 heterocycles. The Hall–Kier alpha value is -0.960. The largest absolute Gasteiger partial charge is 0.384 e. The molecule has 4 heteroatoms. The quantitative estimate of drug-likeness (QED) is 0.647. The second-order valence-electron chi connectivity index (χ2n) is 1.82. The molecule has 0 saturated heterocycles. The summed E-state index contributed by atoms with van der Waals surface area (Å²) >= 11 is 5.72. The van der Waals surface area contributed by atoms with Crippen molar-refractivity contribution in [3.8, 4) is 0 Å². The normalized spacial score (nSPS) is 9.40. The predicted octanol–water partition coefficient (Wildman–Crippen LogP) is 1.36. The van der Waals surface area contributed by atoms with Crippen LogP contribution in [-0.2, 0) is 0 Å². The Morgan fingerprint density at radius 3 is 2.80 bits per heavy atom. The van der Waals surface area contributed by atoms with E-state index in [1.165, 1.54) is 0 Å². The molecule has 1 aromatic heterocycles. The van der Waals surface area contributed by atoms with E-state index in [-0.39, 0.29) is 0 Å². The molecule has 0 radical (unpaired) electrons. The van der Waals surface area contributed by atoms with Crippen LogP contribution in [-0.4, -0.2) is 12.0 Å². The summed E-state index contributed by atoms with van der Waals surface area (Å²) in [5.74, 6) is 1.08. The number of nitrogens with one attached hydrogen (secondary N) is 1. The lowest BCUT2D eigenvalue weighted by Crippen LogP contribution is -1.96. The summed E-state index contributed by atoms with van der Waals surface area (Å²) in [7, 11) is 1.74. The Morgan fingerprint density at radius 2 is 2.30 bits per heavy atom. The third kappa shape index (κ3) is 1.30. The van der Waals surface area contributed by atoms with E-state index < -0.39 is 0 Å². The number of nitrogens with two attached hydrogens (primary N) is 1. The van der Waals surface area contributed by atoms with Gasteiger partial charge in [-0.3, -0.25) is 0 Å². The molecule has 10 heavy (non-hydrogen) atoms. The highest BCUT2D eigenvalue weighted by molar-refractivity contribution is 6.32. The summed E-state index contributed by atoms with van der Waals surface area (Å²) in [6, 6.07) is 3.36. The molecule has 0 aliphatic heterocycles. The Labute approximate surface area is 64.2 Å². The molecule has 0 aliphatic rings. The number of aromatic nitrogens is 1. The Kier molecular flexibility index (Phi) is 1.97. The maximum atomic E-state index is 5.72. The van der Waals surface area contributed by atoms with Crippen LogP contribution in [0.25, 0.3) is 0 Å². The zero-order valence-electron chi connectivity index (χ0n) is 5.56. The van der Waals surface area contributed by atoms with Crippen molar-refractivity contribution in [2.75, 3.05) is 18.1 Å². The molecular weight excluding hydrogens is 150 g/mol. The van der Waals surface area contributed by atoms with Crippen LogP contribution >= 0.6 is 11.6 Å². The predicted molar refractivity (Wildman–Crippen MR) is 43.2 cm³/mol. The maximum Gasteiger partial charge on any atom is 0.146 e. The maximum absolute atomic E-state index is 5.72. The van der Waals surface area contributed by atoms with E-state index in [1.807, 2.05) is 0 Å². The molecule has 0 spiro atoms. The molecule has 0 aromatic carbocycles. The number of hydrogen-bond donors (Lipinski definition) is 2. The van der Waals surface area contributed by atoms with E-state index in [0.29, 0.717) is 16.7 Å². The fourth-order valence-electron chi connectivity index (χ4n) is 0.633. The zero-order chi connectivity index (χ0) is 7.56. The minimum atomic E-state index is 0.466. The van der Waals surface area contributed by atoms with E-state index in [2.05, 4.69) is 10.3 Å². The van der Waals surface area contributed by atoms with E-state index in [0.717, 1.165) is 0 Å². The molecule has 1 rings (SSSR count). The summed E-state index contributed by atoms with van der Waals surface area (Å²) in [5, 5.41) is 3.39. The van der Waals surface area contributed by atoms with E-state index >= 15 is 0 Å². The van der Waals surface area contributed by atoms with Gasteiger partial charge >= 0.3 is 0 Å². The van der Waals surface area contributed by atoms with E-state index in [4.69, 9.17) is 17.3 Å². The second-order valence-corrected chi connectivity index (χ2v) is 2.22. The number of hydrogen-bond acceptors (Lipinski definition) is 3. The molecule has 0 amide bonds. The molecule has 0 fully saturated rings. The van der Waals surface area contributed by atoms with Crippen LogP contribution in [0.3, 0.4) is 0 Å². The van der Waals surface area contributed by atoms with Gasteiger partial charge in [-0.1, -0.05) is 11.6 Å². The molecule has 3 N–H and O–H groups in total. The molecular formula is C6H8ClN3. The highest BCUT2D eigenvalue weighted by Gasteiger charge is 1.97. The van der Waals surface area contributed by atoms with Crippen molar-refractivity contribution in [1.82, 2.24) is 4.98 Å². The van der Waals surface area contributed by atoms with Gasteiger partial charge in [-0.05, 0) is 12.1 Å². The fourth-order valence-corrected chi connectivity index (χ4v) is 0.832. The summed E-state index contributed by atoms with van der Waals surface area (Å²) in [6.45, 7) is 0. The van der Waals surface area contributed by atoms with Crippen molar-refractivity contribution in [3.05, 3.63) is 17.2 Å². The van der Waals surface area contributed by atoms with Gasteiger partial charge in [-0.2, -0.15) is 0 Å². The highest BCUT2D eigenvalue weighted by atomic mass is 35.5. The lowest BCUT2D eigenvalue weighted by molar-refractivity contribution is 1.29. The van der Waals surface area contributed by atoms with Crippen molar-refractivity contribution in [1.29, 1.82) is 0 Å². The molecule has 1 aromatic rings. The fraction of sp³-hybridized carbons (Fsp3) is 0.167. The van der Waals surface area contributed by atoms with Crippen molar-refractivity contribution < 1.29 is 0 Å². The molecule has 0 atom stereocenters. The SMILES string of the molecule is CNc1nc(N)ccc1Cl. The minimum absolute atomic E-state index is 0.466. The summed E-state index contributed by atoms with van der Waals surface area (Å²) < 4.78 is 0. The van der Waals surface area contributed by atoms with Crippen molar-refractivity contribution in [2.24, 2.45) is 0 Å². The van der Waals surface area contributed by atoms with Crippen LogP contribution in [0, 0.1) is 0 Å². The first-order valence-electron chi connectivity index (χ1n) is 2.84. The lowest BCUT2D eigenvalue weighted by atomic mass is 10.4. The van der Waals surface area contributed by atoms with Crippen molar-refractivity contribution >= 4 is 23.2 Å². The van der Waals surface area contributed by atoms with Crippen LogP contribution in [0.2, 0.25) is 5.02 Å². The number of nitrogen functional groups attached to an aromatic ring is 1.